The Morgan fingerprint density at radius 2 is 1.84 bits per heavy atom. The molecule has 0 N–H and O–H groups in total. The number of para-hydroxylation sites is 1. The van der Waals surface area contributed by atoms with Crippen LogP contribution in [-0.2, 0) is 16.1 Å². The highest BCUT2D eigenvalue weighted by Crippen LogP contribution is 2.36. The van der Waals surface area contributed by atoms with Gasteiger partial charge in [0, 0.05) is 21.2 Å². The largest absolute Gasteiger partial charge is 0.493 e. The summed E-state index contributed by atoms with van der Waals surface area (Å²) in [6.45, 7) is 7.74. The van der Waals surface area contributed by atoms with Gasteiger partial charge in [-0.1, -0.05) is 64.9 Å². The smallest absolute Gasteiger partial charge is 0.338 e. The van der Waals surface area contributed by atoms with Gasteiger partial charge in [-0.3, -0.25) is 9.36 Å². The number of rotatable bonds is 10. The number of benzene rings is 3. The lowest BCUT2D eigenvalue weighted by Gasteiger charge is -2.26. The van der Waals surface area contributed by atoms with Crippen molar-refractivity contribution in [2.24, 2.45) is 4.99 Å². The molecule has 0 fully saturated rings. The van der Waals surface area contributed by atoms with E-state index in [0.29, 0.717) is 53.5 Å². The van der Waals surface area contributed by atoms with E-state index in [9.17, 15) is 9.59 Å². The number of thiazole rings is 1. The molecular weight excluding hydrogens is 635 g/mol. The number of allylic oxidation sites excluding steroid dienone is 1. The number of nitrogens with zero attached hydrogens (tertiary/aromatic N) is 2. The zero-order valence-electron chi connectivity index (χ0n) is 25.4. The van der Waals surface area contributed by atoms with Gasteiger partial charge >= 0.3 is 5.97 Å². The number of methoxy groups -OCH3 is 1. The third-order valence-corrected chi connectivity index (χ3v) is 8.55. The number of carbonyl (C=O) groups is 1. The number of hydrogen-bond donors (Lipinski definition) is 0. The Bertz CT molecular complexity index is 1960. The molecule has 0 saturated carbocycles. The third kappa shape index (κ3) is 6.96. The summed E-state index contributed by atoms with van der Waals surface area (Å²) in [5.41, 5.74) is 2.64. The summed E-state index contributed by atoms with van der Waals surface area (Å²) >= 11 is 13.5. The van der Waals surface area contributed by atoms with Gasteiger partial charge in [-0.05, 0) is 69.7 Å². The second-order valence-corrected chi connectivity index (χ2v) is 12.3. The zero-order chi connectivity index (χ0) is 32.2. The lowest BCUT2D eigenvalue weighted by Crippen LogP contribution is -2.40. The molecule has 0 saturated heterocycles. The van der Waals surface area contributed by atoms with Gasteiger partial charge in [0.2, 0.25) is 0 Å². The first kappa shape index (κ1) is 32.3. The van der Waals surface area contributed by atoms with Crippen molar-refractivity contribution >= 4 is 46.6 Å². The monoisotopic (exact) mass is 666 g/mol. The predicted octanol–water partition coefficient (Wildman–Crippen LogP) is 6.48. The number of hydrogen-bond acceptors (Lipinski definition) is 8. The minimum atomic E-state index is -0.789. The molecule has 0 radical (unpaired) electrons. The summed E-state index contributed by atoms with van der Waals surface area (Å²) in [4.78, 5) is 32.5. The van der Waals surface area contributed by atoms with Gasteiger partial charge < -0.3 is 18.9 Å². The van der Waals surface area contributed by atoms with Crippen molar-refractivity contribution in [3.8, 4) is 17.2 Å². The van der Waals surface area contributed by atoms with Crippen molar-refractivity contribution in [2.75, 3.05) is 13.7 Å². The van der Waals surface area contributed by atoms with Crippen molar-refractivity contribution in [1.82, 2.24) is 4.57 Å². The van der Waals surface area contributed by atoms with Gasteiger partial charge in [-0.25, -0.2) is 9.79 Å². The van der Waals surface area contributed by atoms with Crippen LogP contribution in [-0.4, -0.2) is 30.4 Å². The van der Waals surface area contributed by atoms with E-state index < -0.39 is 12.0 Å². The molecular formula is C34H32Cl2N2O6S. The average Bonchev–Trinajstić information content (AvgIpc) is 3.30. The van der Waals surface area contributed by atoms with Gasteiger partial charge in [-0.2, -0.15) is 0 Å². The molecule has 0 spiro atoms. The SMILES string of the molecule is CCOC(=O)C1=C(C)N=c2s/c(=C/c3ccc(OCc4ccc(Cl)cc4Cl)c(OC)c3)c(=O)n2[C@H]1c1ccccc1OC(C)C. The zero-order valence-corrected chi connectivity index (χ0v) is 27.8. The maximum atomic E-state index is 14.1. The van der Waals surface area contributed by atoms with Crippen LogP contribution in [0, 0.1) is 0 Å². The van der Waals surface area contributed by atoms with E-state index in [-0.39, 0.29) is 24.9 Å². The Hall–Kier alpha value is -4.05. The molecule has 45 heavy (non-hydrogen) atoms. The van der Waals surface area contributed by atoms with Crippen LogP contribution < -0.4 is 29.1 Å². The summed E-state index contributed by atoms with van der Waals surface area (Å²) in [7, 11) is 1.55. The Balaban J connectivity index is 1.57. The van der Waals surface area contributed by atoms with E-state index in [4.69, 9.17) is 42.1 Å². The van der Waals surface area contributed by atoms with Gasteiger partial charge in [0.15, 0.2) is 16.3 Å². The molecule has 11 heteroatoms. The molecule has 1 aliphatic heterocycles. The van der Waals surface area contributed by atoms with Crippen LogP contribution in [0.4, 0.5) is 0 Å². The van der Waals surface area contributed by atoms with E-state index in [1.807, 2.05) is 44.2 Å². The van der Waals surface area contributed by atoms with Crippen molar-refractivity contribution in [3.63, 3.8) is 0 Å². The minimum Gasteiger partial charge on any atom is -0.493 e. The first-order valence-corrected chi connectivity index (χ1v) is 15.9. The van der Waals surface area contributed by atoms with Gasteiger partial charge in [0.05, 0.1) is 35.6 Å². The fraction of sp³-hybridized carbons (Fsp3) is 0.265. The van der Waals surface area contributed by atoms with Crippen LogP contribution in [0.2, 0.25) is 10.0 Å². The quantitative estimate of drug-likeness (QED) is 0.180. The highest BCUT2D eigenvalue weighted by atomic mass is 35.5. The Morgan fingerprint density at radius 1 is 1.07 bits per heavy atom. The minimum absolute atomic E-state index is 0.122. The maximum Gasteiger partial charge on any atom is 0.338 e. The Morgan fingerprint density at radius 3 is 2.56 bits per heavy atom. The average molecular weight is 668 g/mol. The molecule has 3 aromatic carbocycles. The van der Waals surface area contributed by atoms with Crippen molar-refractivity contribution in [3.05, 3.63) is 118 Å². The van der Waals surface area contributed by atoms with E-state index in [0.717, 1.165) is 11.1 Å². The molecule has 1 aliphatic rings. The van der Waals surface area contributed by atoms with Crippen LogP contribution in [0.15, 0.2) is 81.7 Å². The van der Waals surface area contributed by atoms with E-state index in [2.05, 4.69) is 4.99 Å². The van der Waals surface area contributed by atoms with Crippen LogP contribution in [0.1, 0.15) is 50.4 Å². The molecule has 2 heterocycles. The van der Waals surface area contributed by atoms with Gasteiger partial charge in [0.25, 0.3) is 5.56 Å². The Labute approximate surface area is 274 Å². The second kappa shape index (κ2) is 13.9. The fourth-order valence-corrected chi connectivity index (χ4v) is 6.50. The molecule has 4 aromatic rings. The summed E-state index contributed by atoms with van der Waals surface area (Å²) in [5.74, 6) is 1.04. The van der Waals surface area contributed by atoms with Crippen molar-refractivity contribution in [1.29, 1.82) is 0 Å². The summed E-state index contributed by atoms with van der Waals surface area (Å²) < 4.78 is 25.1. The van der Waals surface area contributed by atoms with Crippen LogP contribution in [0.5, 0.6) is 17.2 Å². The van der Waals surface area contributed by atoms with Gasteiger partial charge in [0.1, 0.15) is 18.4 Å². The lowest BCUT2D eigenvalue weighted by atomic mass is 9.95. The number of ether oxygens (including phenoxy) is 4. The molecule has 0 aliphatic carbocycles. The molecule has 5 rings (SSSR count). The predicted molar refractivity (Wildman–Crippen MR) is 176 cm³/mol. The van der Waals surface area contributed by atoms with E-state index in [1.165, 1.54) is 11.3 Å². The Kier molecular flexibility index (Phi) is 10.0. The first-order valence-electron chi connectivity index (χ1n) is 14.3. The number of esters is 1. The normalized spacial score (nSPS) is 14.7. The number of halogens is 2. The lowest BCUT2D eigenvalue weighted by molar-refractivity contribution is -0.139. The topological polar surface area (TPSA) is 88.4 Å². The standard InChI is InChI=1S/C34H32Cl2N2O6S/c1-6-42-33(40)30-20(4)37-34-38(31(30)24-9-7-8-10-26(24)44-19(2)3)32(39)29(45-34)16-21-11-14-27(28(15-21)41-5)43-18-22-12-13-23(35)17-25(22)36/h7-17,19,31H,6,18H2,1-5H3/b29-16+/t31-/m0/s1. The summed E-state index contributed by atoms with van der Waals surface area (Å²) in [5, 5.41) is 1.05. The molecule has 1 atom stereocenters. The second-order valence-electron chi connectivity index (χ2n) is 10.4. The molecule has 8 nitrogen and oxygen atoms in total. The van der Waals surface area contributed by atoms with Crippen LogP contribution in [0.25, 0.3) is 6.08 Å². The summed E-state index contributed by atoms with van der Waals surface area (Å²) in [6.07, 6.45) is 1.64. The molecule has 0 unspecified atom stereocenters. The van der Waals surface area contributed by atoms with Crippen LogP contribution in [0.3, 0.4) is 0 Å². The fourth-order valence-electron chi connectivity index (χ4n) is 4.99. The highest BCUT2D eigenvalue weighted by molar-refractivity contribution is 7.07. The van der Waals surface area contributed by atoms with Gasteiger partial charge in [-0.15, -0.1) is 0 Å². The number of aromatic nitrogens is 1. The number of carbonyl (C=O) groups excluding carboxylic acids is 1. The van der Waals surface area contributed by atoms with Crippen molar-refractivity contribution in [2.45, 2.75) is 46.4 Å². The molecule has 1 aromatic heterocycles. The highest BCUT2D eigenvalue weighted by Gasteiger charge is 2.35. The molecule has 0 amide bonds. The maximum absolute atomic E-state index is 14.1. The summed E-state index contributed by atoms with van der Waals surface area (Å²) in [6, 6.07) is 17.2. The first-order chi connectivity index (χ1) is 21.6. The third-order valence-electron chi connectivity index (χ3n) is 6.98. The molecule has 234 valence electrons. The molecule has 0 bridgehead atoms. The van der Waals surface area contributed by atoms with Crippen molar-refractivity contribution < 1.29 is 23.7 Å². The van der Waals surface area contributed by atoms with E-state index in [1.54, 1.807) is 61.9 Å². The van der Waals surface area contributed by atoms with Crippen LogP contribution >= 0.6 is 34.5 Å². The van der Waals surface area contributed by atoms with E-state index >= 15 is 0 Å². The number of fused-ring (bicyclic) bond motifs is 1.